The minimum absolute atomic E-state index is 0.670. The van der Waals surface area contributed by atoms with Crippen LogP contribution in [-0.2, 0) is 29.1 Å². The van der Waals surface area contributed by atoms with E-state index in [0.717, 1.165) is 15.5 Å². The number of halogens is 4. The average Bonchev–Trinajstić information content (AvgIpc) is 2.02. The first-order valence-corrected chi connectivity index (χ1v) is 7.84. The summed E-state index contributed by atoms with van der Waals surface area (Å²) in [5.74, 6) is 0. The molecule has 0 saturated carbocycles. The predicted octanol–water partition coefficient (Wildman–Crippen LogP) is 2.73. The number of hydrogen-bond acceptors (Lipinski definition) is 0. The molecule has 5 heteroatoms. The normalized spacial score (nSPS) is 13.8. The molecule has 76 valence electrons. The van der Waals surface area contributed by atoms with Crippen LogP contribution in [0, 0.1) is 0 Å². The fourth-order valence-electron chi connectivity index (χ4n) is 0.985. The molecule has 0 spiro atoms. The van der Waals surface area contributed by atoms with Gasteiger partial charge in [0.2, 0.25) is 0 Å². The van der Waals surface area contributed by atoms with Crippen LogP contribution in [0.1, 0.15) is 12.5 Å². The summed E-state index contributed by atoms with van der Waals surface area (Å²) in [6.45, 7) is 1.46. The maximum atomic E-state index is 12.6. The molecule has 0 saturated heterocycles. The van der Waals surface area contributed by atoms with E-state index in [1.165, 1.54) is 19.1 Å². The molecule has 14 heavy (non-hydrogen) atoms. The second-order valence-corrected chi connectivity index (χ2v) is 8.81. The van der Waals surface area contributed by atoms with Crippen LogP contribution in [0.4, 0.5) is 17.6 Å². The molecular weight excluding hydrogens is 363 g/mol. The Bertz CT molecular complexity index is 289. The van der Waals surface area contributed by atoms with Crippen LogP contribution in [0.2, 0.25) is 0 Å². The Labute approximate surface area is 90.7 Å². The van der Waals surface area contributed by atoms with Gasteiger partial charge < -0.3 is 0 Å². The zero-order valence-corrected chi connectivity index (χ0v) is 11.0. The van der Waals surface area contributed by atoms with Crippen molar-refractivity contribution in [2.75, 3.05) is 0 Å². The van der Waals surface area contributed by atoms with Crippen molar-refractivity contribution in [1.82, 2.24) is 0 Å². The first kappa shape index (κ1) is 11.9. The van der Waals surface area contributed by atoms with Gasteiger partial charge in [-0.25, -0.2) is 0 Å². The molecule has 0 aliphatic heterocycles. The van der Waals surface area contributed by atoms with Gasteiger partial charge in [0.25, 0.3) is 0 Å². The molecule has 0 aromatic heterocycles. The van der Waals surface area contributed by atoms with Crippen molar-refractivity contribution in [2.45, 2.75) is 17.0 Å². The van der Waals surface area contributed by atoms with Crippen molar-refractivity contribution >= 4 is 3.32 Å². The SMILES string of the molecule is C[CH](F)[Hf][c]1ccc(C(F)(F)F)cc1. The molecule has 0 radical (unpaired) electrons. The molecule has 0 bridgehead atoms. The Morgan fingerprint density at radius 2 is 1.64 bits per heavy atom. The number of benzene rings is 1. The quantitative estimate of drug-likeness (QED) is 0.555. The summed E-state index contributed by atoms with van der Waals surface area (Å²) in [7, 11) is 0. The van der Waals surface area contributed by atoms with E-state index in [9.17, 15) is 17.6 Å². The Kier molecular flexibility index (Phi) is 3.86. The van der Waals surface area contributed by atoms with Crippen LogP contribution in [0.15, 0.2) is 24.3 Å². The third kappa shape index (κ3) is 3.52. The summed E-state index contributed by atoms with van der Waals surface area (Å²) in [5.41, 5.74) is -0.670. The molecule has 1 rings (SSSR count). The van der Waals surface area contributed by atoms with Crippen LogP contribution in [-0.4, -0.2) is 3.93 Å². The van der Waals surface area contributed by atoms with Gasteiger partial charge in [-0.05, 0) is 0 Å². The summed E-state index contributed by atoms with van der Waals surface area (Å²) in [6.07, 6.45) is -4.30. The summed E-state index contributed by atoms with van der Waals surface area (Å²) < 4.78 is 48.9. The maximum absolute atomic E-state index is 12.6. The monoisotopic (exact) mass is 372 g/mol. The Balaban J connectivity index is 2.79. The molecule has 0 nitrogen and oxygen atoms in total. The van der Waals surface area contributed by atoms with Gasteiger partial charge in [0.1, 0.15) is 0 Å². The van der Waals surface area contributed by atoms with E-state index in [4.69, 9.17) is 0 Å². The molecule has 0 aliphatic rings. The number of alkyl halides is 4. The minimum atomic E-state index is -4.30. The molecule has 0 N–H and O–H groups in total. The van der Waals surface area contributed by atoms with Gasteiger partial charge in [0, 0.05) is 0 Å². The van der Waals surface area contributed by atoms with Crippen LogP contribution >= 0.6 is 0 Å². The van der Waals surface area contributed by atoms with Crippen LogP contribution in [0.3, 0.4) is 0 Å². The Morgan fingerprint density at radius 1 is 1.14 bits per heavy atom. The van der Waals surface area contributed by atoms with Gasteiger partial charge in [-0.2, -0.15) is 0 Å². The molecule has 0 fully saturated rings. The molecule has 1 aromatic rings. The second kappa shape index (κ2) is 4.55. The van der Waals surface area contributed by atoms with E-state index < -0.39 is 38.6 Å². The van der Waals surface area contributed by atoms with Gasteiger partial charge >= 0.3 is 90.6 Å². The summed E-state index contributed by atoms with van der Waals surface area (Å²) in [4.78, 5) is 0. The zero-order valence-electron chi connectivity index (χ0n) is 7.40. The third-order valence-corrected chi connectivity index (χ3v) is 5.40. The molecule has 1 atom stereocenters. The fraction of sp³-hybridized carbons (Fsp3) is 0.333. The number of hydrogen-bond donors (Lipinski definition) is 0. The molecule has 0 heterocycles. The standard InChI is InChI=1S/C7H4F3.C2H4F.Hf/c8-7(9,10)6-4-2-1-3-5-6;1-2-3;/h2-5H;2H,1H3;. The van der Waals surface area contributed by atoms with Crippen molar-refractivity contribution in [3.05, 3.63) is 29.8 Å². The van der Waals surface area contributed by atoms with E-state index in [1.807, 2.05) is 0 Å². The van der Waals surface area contributed by atoms with Crippen molar-refractivity contribution < 1.29 is 40.5 Å². The van der Waals surface area contributed by atoms with Crippen LogP contribution < -0.4 is 3.32 Å². The molecular formula is C9H8F4Hf. The van der Waals surface area contributed by atoms with E-state index in [1.54, 1.807) is 0 Å². The van der Waals surface area contributed by atoms with E-state index in [-0.39, 0.29) is 0 Å². The average molecular weight is 371 g/mol. The van der Waals surface area contributed by atoms with Gasteiger partial charge in [-0.15, -0.1) is 0 Å². The topological polar surface area (TPSA) is 0 Å². The van der Waals surface area contributed by atoms with Gasteiger partial charge in [0.05, 0.1) is 0 Å². The van der Waals surface area contributed by atoms with Crippen molar-refractivity contribution in [2.24, 2.45) is 0 Å². The molecule has 1 unspecified atom stereocenters. The molecule has 0 amide bonds. The first-order valence-electron chi connectivity index (χ1n) is 3.97. The van der Waals surface area contributed by atoms with Crippen LogP contribution in [0.25, 0.3) is 0 Å². The molecule has 1 aromatic carbocycles. The number of rotatable bonds is 2. The predicted molar refractivity (Wildman–Crippen MR) is 41.6 cm³/mol. The van der Waals surface area contributed by atoms with Crippen LogP contribution in [0.5, 0.6) is 0 Å². The van der Waals surface area contributed by atoms with Crippen molar-refractivity contribution in [3.8, 4) is 0 Å². The van der Waals surface area contributed by atoms with Crippen molar-refractivity contribution in [3.63, 3.8) is 0 Å². The fourth-order valence-corrected chi connectivity index (χ4v) is 3.93. The third-order valence-electron chi connectivity index (χ3n) is 1.58. The Hall–Kier alpha value is -0.190. The van der Waals surface area contributed by atoms with E-state index in [0.29, 0.717) is 0 Å². The van der Waals surface area contributed by atoms with Gasteiger partial charge in [0.15, 0.2) is 0 Å². The second-order valence-electron chi connectivity index (χ2n) is 2.84. The zero-order chi connectivity index (χ0) is 10.8. The van der Waals surface area contributed by atoms with Gasteiger partial charge in [-0.3, -0.25) is 0 Å². The van der Waals surface area contributed by atoms with Crippen molar-refractivity contribution in [1.29, 1.82) is 0 Å². The Morgan fingerprint density at radius 3 is 2.00 bits per heavy atom. The summed E-state index contributed by atoms with van der Waals surface area (Å²) in [6, 6.07) is 4.82. The van der Waals surface area contributed by atoms with E-state index >= 15 is 0 Å². The first-order chi connectivity index (χ1) is 6.39. The summed E-state index contributed by atoms with van der Waals surface area (Å²) in [5, 5.41) is 0. The van der Waals surface area contributed by atoms with E-state index in [2.05, 4.69) is 0 Å². The van der Waals surface area contributed by atoms with Gasteiger partial charge in [-0.1, -0.05) is 0 Å². The molecule has 0 aliphatic carbocycles. The summed E-state index contributed by atoms with van der Waals surface area (Å²) >= 11 is -1.56.